The molecule has 6 rings (SSSR count). The first-order valence-electron chi connectivity index (χ1n) is 10.6. The number of aromatic nitrogens is 2. The summed E-state index contributed by atoms with van der Waals surface area (Å²) in [7, 11) is 1.97. The monoisotopic (exact) mass is 435 g/mol. The molecule has 0 bridgehead atoms. The average molecular weight is 435 g/mol. The van der Waals surface area contributed by atoms with Crippen LogP contribution in [-0.4, -0.2) is 22.9 Å². The van der Waals surface area contributed by atoms with E-state index in [1.165, 1.54) is 0 Å². The Morgan fingerprint density at radius 1 is 0.909 bits per heavy atom. The summed E-state index contributed by atoms with van der Waals surface area (Å²) in [5.41, 5.74) is 18.7. The van der Waals surface area contributed by atoms with E-state index in [4.69, 9.17) is 15.5 Å². The largest absolute Gasteiger partial charge is 0.454 e. The third kappa shape index (κ3) is 3.20. The molecule has 33 heavy (non-hydrogen) atoms. The Hall–Kier alpha value is -4.59. The van der Waals surface area contributed by atoms with E-state index < -0.39 is 0 Å². The Morgan fingerprint density at radius 3 is 2.61 bits per heavy atom. The molecule has 0 saturated heterocycles. The second-order valence-electron chi connectivity index (χ2n) is 7.99. The van der Waals surface area contributed by atoms with Gasteiger partial charge in [0.15, 0.2) is 11.6 Å². The molecule has 0 unspecified atom stereocenters. The lowest BCUT2D eigenvalue weighted by atomic mass is 10.0. The van der Waals surface area contributed by atoms with Gasteiger partial charge in [-0.3, -0.25) is 10.9 Å². The molecule has 0 amide bonds. The van der Waals surface area contributed by atoms with Crippen LogP contribution >= 0.6 is 0 Å². The smallest absolute Gasteiger partial charge is 0.222 e. The van der Waals surface area contributed by atoms with E-state index in [1.807, 2.05) is 66.5 Å². The number of ether oxygens (including phenoxy) is 1. The van der Waals surface area contributed by atoms with Crippen molar-refractivity contribution in [3.63, 3.8) is 0 Å². The number of para-hydroxylation sites is 3. The van der Waals surface area contributed by atoms with Gasteiger partial charge < -0.3 is 15.4 Å². The lowest BCUT2D eigenvalue weighted by molar-refractivity contribution is 0.485. The zero-order chi connectivity index (χ0) is 22.5. The molecule has 3 heterocycles. The van der Waals surface area contributed by atoms with Gasteiger partial charge in [0.05, 0.1) is 16.9 Å². The number of aliphatic imine (C=N–C) groups is 1. The molecular formula is C25H21N7O. The molecule has 2 aliphatic rings. The third-order valence-corrected chi connectivity index (χ3v) is 5.82. The molecule has 0 aliphatic carbocycles. The summed E-state index contributed by atoms with van der Waals surface area (Å²) in [5, 5.41) is 0. The van der Waals surface area contributed by atoms with Crippen molar-refractivity contribution in [1.82, 2.24) is 15.4 Å². The van der Waals surface area contributed by atoms with Crippen molar-refractivity contribution in [2.75, 3.05) is 23.1 Å². The summed E-state index contributed by atoms with van der Waals surface area (Å²) in [6.07, 6.45) is 0. The van der Waals surface area contributed by atoms with Crippen molar-refractivity contribution in [3.05, 3.63) is 77.9 Å². The van der Waals surface area contributed by atoms with Crippen molar-refractivity contribution in [2.45, 2.75) is 6.92 Å². The molecule has 0 fully saturated rings. The molecule has 8 heteroatoms. The lowest BCUT2D eigenvalue weighted by Gasteiger charge is -2.21. The maximum absolute atomic E-state index is 6.27. The second-order valence-corrected chi connectivity index (χ2v) is 7.99. The lowest BCUT2D eigenvalue weighted by Crippen LogP contribution is -2.20. The summed E-state index contributed by atoms with van der Waals surface area (Å²) in [6.45, 7) is 2.07. The van der Waals surface area contributed by atoms with Crippen molar-refractivity contribution in [2.24, 2.45) is 4.99 Å². The molecule has 2 aliphatic heterocycles. The standard InChI is InChI=1S/C25H21N7O/c1-14-7-3-5-9-19(14)32(2)22-13-17(28-25(26)29-22)15-11-18-23-21(12-15)33-20-10-6-4-8-16(20)27-24(23)31-30-18/h3-13H,1-2H3,(H2,26,28,29)(H2,27,30,31). The summed E-state index contributed by atoms with van der Waals surface area (Å²) >= 11 is 0. The van der Waals surface area contributed by atoms with E-state index in [0.29, 0.717) is 23.0 Å². The van der Waals surface area contributed by atoms with Gasteiger partial charge in [-0.1, -0.05) is 30.3 Å². The molecule has 4 N–H and O–H groups in total. The first-order valence-corrected chi connectivity index (χ1v) is 10.6. The van der Waals surface area contributed by atoms with Crippen molar-refractivity contribution < 1.29 is 4.74 Å². The molecular weight excluding hydrogens is 414 g/mol. The van der Waals surface area contributed by atoms with E-state index in [2.05, 4.69) is 39.9 Å². The summed E-state index contributed by atoms with van der Waals surface area (Å²) in [5.74, 6) is 3.02. The Labute approximate surface area is 190 Å². The molecule has 8 nitrogen and oxygen atoms in total. The normalized spacial score (nSPS) is 13.0. The van der Waals surface area contributed by atoms with Gasteiger partial charge in [0.25, 0.3) is 0 Å². The first kappa shape index (κ1) is 19.1. The van der Waals surface area contributed by atoms with Gasteiger partial charge in [0.1, 0.15) is 17.3 Å². The predicted molar refractivity (Wildman–Crippen MR) is 131 cm³/mol. The van der Waals surface area contributed by atoms with Gasteiger partial charge in [0, 0.05) is 24.4 Å². The quantitative estimate of drug-likeness (QED) is 0.420. The van der Waals surface area contributed by atoms with Gasteiger partial charge >= 0.3 is 0 Å². The predicted octanol–water partition coefficient (Wildman–Crippen LogP) is 4.92. The highest BCUT2D eigenvalue weighted by Crippen LogP contribution is 2.43. The van der Waals surface area contributed by atoms with E-state index >= 15 is 0 Å². The number of nitrogens with two attached hydrogens (primary N) is 1. The van der Waals surface area contributed by atoms with E-state index in [-0.39, 0.29) is 5.95 Å². The Morgan fingerprint density at radius 2 is 1.73 bits per heavy atom. The number of hydrazine groups is 1. The van der Waals surface area contributed by atoms with Crippen LogP contribution in [0.4, 0.5) is 28.8 Å². The van der Waals surface area contributed by atoms with Gasteiger partial charge in [-0.25, -0.2) is 9.98 Å². The van der Waals surface area contributed by atoms with Crippen molar-refractivity contribution in [1.29, 1.82) is 0 Å². The van der Waals surface area contributed by atoms with Crippen molar-refractivity contribution in [3.8, 4) is 22.8 Å². The van der Waals surface area contributed by atoms with E-state index in [0.717, 1.165) is 39.6 Å². The van der Waals surface area contributed by atoms with Crippen LogP contribution in [0.5, 0.6) is 11.5 Å². The number of anilines is 4. The zero-order valence-electron chi connectivity index (χ0n) is 18.1. The highest BCUT2D eigenvalue weighted by molar-refractivity contribution is 6.12. The summed E-state index contributed by atoms with van der Waals surface area (Å²) in [6, 6.07) is 21.7. The number of benzene rings is 3. The average Bonchev–Trinajstić information content (AvgIpc) is 3.14. The first-order chi connectivity index (χ1) is 16.1. The molecule has 1 aromatic heterocycles. The second kappa shape index (κ2) is 7.23. The number of nitrogens with one attached hydrogen (secondary N) is 2. The minimum Gasteiger partial charge on any atom is -0.454 e. The number of nitrogens with zero attached hydrogens (tertiary/aromatic N) is 4. The number of fused-ring (bicyclic) bond motifs is 1. The Kier molecular flexibility index (Phi) is 4.19. The van der Waals surface area contributed by atoms with Crippen LogP contribution in [0.25, 0.3) is 11.3 Å². The molecule has 0 spiro atoms. The van der Waals surface area contributed by atoms with Crippen LogP contribution in [0.1, 0.15) is 11.1 Å². The SMILES string of the molecule is Cc1ccccc1N(C)c1cc(-c2cc3c4c(c2)Oc2ccccc2N=C4NN3)nc(N)n1. The fraction of sp³-hybridized carbons (Fsp3) is 0.0800. The zero-order valence-corrected chi connectivity index (χ0v) is 18.1. The number of aryl methyl sites for hydroxylation is 1. The highest BCUT2D eigenvalue weighted by atomic mass is 16.5. The molecule has 4 aromatic rings. The fourth-order valence-electron chi connectivity index (χ4n) is 4.17. The number of rotatable bonds is 3. The van der Waals surface area contributed by atoms with Gasteiger partial charge in [-0.2, -0.15) is 4.98 Å². The fourth-order valence-corrected chi connectivity index (χ4v) is 4.17. The van der Waals surface area contributed by atoms with E-state index in [9.17, 15) is 0 Å². The molecule has 0 saturated carbocycles. The molecule has 3 aromatic carbocycles. The van der Waals surface area contributed by atoms with Crippen LogP contribution in [0.2, 0.25) is 0 Å². The van der Waals surface area contributed by atoms with Crippen LogP contribution in [0, 0.1) is 6.92 Å². The number of amidine groups is 1. The van der Waals surface area contributed by atoms with Crippen molar-refractivity contribution >= 4 is 34.7 Å². The minimum atomic E-state index is 0.203. The molecule has 162 valence electrons. The third-order valence-electron chi connectivity index (χ3n) is 5.82. The summed E-state index contributed by atoms with van der Waals surface area (Å²) < 4.78 is 6.27. The van der Waals surface area contributed by atoms with Gasteiger partial charge in [-0.05, 0) is 42.8 Å². The van der Waals surface area contributed by atoms with Crippen LogP contribution in [-0.2, 0) is 0 Å². The maximum atomic E-state index is 6.27. The van der Waals surface area contributed by atoms with Gasteiger partial charge in [0.2, 0.25) is 5.95 Å². The Bertz CT molecular complexity index is 1450. The van der Waals surface area contributed by atoms with Crippen LogP contribution < -0.4 is 26.2 Å². The molecule has 0 radical (unpaired) electrons. The number of hydrogen-bond acceptors (Lipinski definition) is 8. The maximum Gasteiger partial charge on any atom is 0.222 e. The van der Waals surface area contributed by atoms with Crippen LogP contribution in [0.15, 0.2) is 71.7 Å². The van der Waals surface area contributed by atoms with E-state index in [1.54, 1.807) is 0 Å². The topological polar surface area (TPSA) is 101 Å². The van der Waals surface area contributed by atoms with Crippen LogP contribution in [0.3, 0.4) is 0 Å². The number of hydrogen-bond donors (Lipinski definition) is 3. The minimum absolute atomic E-state index is 0.203. The van der Waals surface area contributed by atoms with Gasteiger partial charge in [-0.15, -0.1) is 0 Å². The summed E-state index contributed by atoms with van der Waals surface area (Å²) in [4.78, 5) is 15.7. The molecule has 0 atom stereocenters. The number of nitrogen functional groups attached to an aromatic ring is 1. The highest BCUT2D eigenvalue weighted by Gasteiger charge is 2.27. The Balaban J connectivity index is 1.46.